The van der Waals surface area contributed by atoms with Crippen molar-refractivity contribution in [2.45, 2.75) is 12.5 Å². The first-order valence-corrected chi connectivity index (χ1v) is 5.03. The second kappa shape index (κ2) is 5.35. The molecule has 3 heteroatoms. The first-order valence-electron chi connectivity index (χ1n) is 4.65. The van der Waals surface area contributed by atoms with Gasteiger partial charge in [0.2, 0.25) is 0 Å². The maximum Gasteiger partial charge on any atom is 0.0707 e. The normalized spacial score (nSPS) is 13.2. The number of nitrogens with zero attached hydrogens (tertiary/aromatic N) is 1. The van der Waals surface area contributed by atoms with Crippen molar-refractivity contribution in [3.63, 3.8) is 0 Å². The Morgan fingerprint density at radius 1 is 1.43 bits per heavy atom. The minimum absolute atomic E-state index is 0.330. The highest BCUT2D eigenvalue weighted by Gasteiger charge is 2.06. The first-order chi connectivity index (χ1) is 6.58. The number of aliphatic hydroxyl groups excluding tert-OH is 1. The third-order valence-electron chi connectivity index (χ3n) is 1.94. The zero-order valence-corrected chi connectivity index (χ0v) is 9.33. The average Bonchev–Trinajstić information content (AvgIpc) is 2.01. The number of hydrogen-bond donors (Lipinski definition) is 1. The molecule has 1 aromatic carbocycles. The maximum atomic E-state index is 9.68. The molecule has 14 heavy (non-hydrogen) atoms. The summed E-state index contributed by atoms with van der Waals surface area (Å²) in [6, 6.07) is 7.61. The molecule has 0 amide bonds. The third kappa shape index (κ3) is 4.09. The quantitative estimate of drug-likeness (QED) is 0.825. The molecule has 1 atom stereocenters. The van der Waals surface area contributed by atoms with Crippen LogP contribution in [0.3, 0.4) is 0 Å². The van der Waals surface area contributed by atoms with E-state index in [2.05, 4.69) is 0 Å². The number of rotatable bonds is 4. The van der Waals surface area contributed by atoms with Crippen LogP contribution in [0.4, 0.5) is 0 Å². The summed E-state index contributed by atoms with van der Waals surface area (Å²) in [5, 5.41) is 10.4. The van der Waals surface area contributed by atoms with Gasteiger partial charge in [-0.25, -0.2) is 0 Å². The van der Waals surface area contributed by atoms with E-state index in [4.69, 9.17) is 11.6 Å². The average molecular weight is 214 g/mol. The highest BCUT2D eigenvalue weighted by atomic mass is 35.5. The standard InChI is InChI=1S/C11H16ClNO/c1-13(2)8-11(14)7-9-4-3-5-10(12)6-9/h3-6,11,14H,7-8H2,1-2H3/t11-/m1/s1. The maximum absolute atomic E-state index is 9.68. The number of aliphatic hydroxyl groups is 1. The summed E-state index contributed by atoms with van der Waals surface area (Å²) in [6.45, 7) is 0.673. The van der Waals surface area contributed by atoms with Crippen molar-refractivity contribution in [2.75, 3.05) is 20.6 Å². The predicted molar refractivity (Wildman–Crippen MR) is 59.7 cm³/mol. The van der Waals surface area contributed by atoms with E-state index >= 15 is 0 Å². The molecule has 0 saturated heterocycles. The van der Waals surface area contributed by atoms with Crippen molar-refractivity contribution in [3.8, 4) is 0 Å². The van der Waals surface area contributed by atoms with Crippen molar-refractivity contribution >= 4 is 11.6 Å². The summed E-state index contributed by atoms with van der Waals surface area (Å²) in [6.07, 6.45) is 0.321. The van der Waals surface area contributed by atoms with Crippen LogP contribution in [0.15, 0.2) is 24.3 Å². The minimum atomic E-state index is -0.330. The fourth-order valence-electron chi connectivity index (χ4n) is 1.42. The topological polar surface area (TPSA) is 23.5 Å². The fourth-order valence-corrected chi connectivity index (χ4v) is 1.63. The van der Waals surface area contributed by atoms with E-state index in [-0.39, 0.29) is 6.10 Å². The Kier molecular flexibility index (Phi) is 4.39. The highest BCUT2D eigenvalue weighted by Crippen LogP contribution is 2.12. The van der Waals surface area contributed by atoms with Crippen LogP contribution in [-0.4, -0.2) is 36.8 Å². The van der Waals surface area contributed by atoms with E-state index in [1.54, 1.807) is 0 Å². The van der Waals surface area contributed by atoms with Crippen LogP contribution in [-0.2, 0) is 6.42 Å². The van der Waals surface area contributed by atoms with Gasteiger partial charge in [0.1, 0.15) is 0 Å². The summed E-state index contributed by atoms with van der Waals surface area (Å²) in [5.74, 6) is 0. The molecule has 0 fully saturated rings. The van der Waals surface area contributed by atoms with Crippen LogP contribution in [0.1, 0.15) is 5.56 Å². The van der Waals surface area contributed by atoms with Crippen molar-refractivity contribution in [1.29, 1.82) is 0 Å². The Hall–Kier alpha value is -0.570. The lowest BCUT2D eigenvalue weighted by Gasteiger charge is -2.15. The molecular weight excluding hydrogens is 198 g/mol. The van der Waals surface area contributed by atoms with E-state index in [1.165, 1.54) is 0 Å². The van der Waals surface area contributed by atoms with E-state index in [1.807, 2.05) is 43.3 Å². The molecule has 2 nitrogen and oxygen atoms in total. The van der Waals surface area contributed by atoms with Crippen LogP contribution in [0.5, 0.6) is 0 Å². The zero-order valence-electron chi connectivity index (χ0n) is 8.57. The Balaban J connectivity index is 2.51. The SMILES string of the molecule is CN(C)C[C@H](O)Cc1cccc(Cl)c1. The molecule has 1 aromatic rings. The lowest BCUT2D eigenvalue weighted by molar-refractivity contribution is 0.137. The van der Waals surface area contributed by atoms with Crippen molar-refractivity contribution in [1.82, 2.24) is 4.90 Å². The molecule has 0 unspecified atom stereocenters. The predicted octanol–water partition coefficient (Wildman–Crippen LogP) is 1.80. The molecule has 0 aliphatic heterocycles. The van der Waals surface area contributed by atoms with Crippen LogP contribution in [0.25, 0.3) is 0 Å². The van der Waals surface area contributed by atoms with Gasteiger partial charge in [0.25, 0.3) is 0 Å². The summed E-state index contributed by atoms with van der Waals surface area (Å²) in [5.41, 5.74) is 1.08. The van der Waals surface area contributed by atoms with Crippen LogP contribution < -0.4 is 0 Å². The second-order valence-electron chi connectivity index (χ2n) is 3.75. The van der Waals surface area contributed by atoms with Crippen molar-refractivity contribution < 1.29 is 5.11 Å². The Morgan fingerprint density at radius 2 is 2.14 bits per heavy atom. The van der Waals surface area contributed by atoms with Gasteiger partial charge in [0.15, 0.2) is 0 Å². The number of hydrogen-bond acceptors (Lipinski definition) is 2. The van der Waals surface area contributed by atoms with Gasteiger partial charge in [-0.1, -0.05) is 23.7 Å². The summed E-state index contributed by atoms with van der Waals surface area (Å²) in [7, 11) is 3.89. The summed E-state index contributed by atoms with van der Waals surface area (Å²) < 4.78 is 0. The molecular formula is C11H16ClNO. The van der Waals surface area contributed by atoms with Crippen molar-refractivity contribution in [3.05, 3.63) is 34.9 Å². The smallest absolute Gasteiger partial charge is 0.0707 e. The van der Waals surface area contributed by atoms with Gasteiger partial charge in [-0.3, -0.25) is 0 Å². The number of likely N-dealkylation sites (N-methyl/N-ethyl adjacent to an activating group) is 1. The lowest BCUT2D eigenvalue weighted by atomic mass is 10.1. The van der Waals surface area contributed by atoms with E-state index < -0.39 is 0 Å². The molecule has 0 bridgehead atoms. The summed E-state index contributed by atoms with van der Waals surface area (Å²) >= 11 is 5.84. The molecule has 0 heterocycles. The van der Waals surface area contributed by atoms with Crippen molar-refractivity contribution in [2.24, 2.45) is 0 Å². The van der Waals surface area contributed by atoms with E-state index in [9.17, 15) is 5.11 Å². The van der Waals surface area contributed by atoms with Gasteiger partial charge in [-0.05, 0) is 38.2 Å². The first kappa shape index (κ1) is 11.5. The molecule has 78 valence electrons. The fraction of sp³-hybridized carbons (Fsp3) is 0.455. The number of halogens is 1. The monoisotopic (exact) mass is 213 g/mol. The summed E-state index contributed by atoms with van der Waals surface area (Å²) in [4.78, 5) is 1.97. The molecule has 0 radical (unpaired) electrons. The molecule has 0 aliphatic carbocycles. The van der Waals surface area contributed by atoms with E-state index in [0.29, 0.717) is 13.0 Å². The number of benzene rings is 1. The lowest BCUT2D eigenvalue weighted by Crippen LogP contribution is -2.27. The van der Waals surface area contributed by atoms with Gasteiger partial charge in [0.05, 0.1) is 6.10 Å². The Labute approximate surface area is 90.1 Å². The zero-order chi connectivity index (χ0) is 10.6. The minimum Gasteiger partial charge on any atom is -0.391 e. The van der Waals surface area contributed by atoms with Gasteiger partial charge in [-0.15, -0.1) is 0 Å². The molecule has 0 aromatic heterocycles. The van der Waals surface area contributed by atoms with Gasteiger partial charge in [-0.2, -0.15) is 0 Å². The van der Waals surface area contributed by atoms with Crippen LogP contribution in [0.2, 0.25) is 5.02 Å². The van der Waals surface area contributed by atoms with Gasteiger partial charge < -0.3 is 10.0 Å². The highest BCUT2D eigenvalue weighted by molar-refractivity contribution is 6.30. The molecule has 0 saturated carbocycles. The molecule has 1 N–H and O–H groups in total. The second-order valence-corrected chi connectivity index (χ2v) is 4.19. The van der Waals surface area contributed by atoms with Crippen LogP contribution >= 0.6 is 11.6 Å². The van der Waals surface area contributed by atoms with Crippen LogP contribution in [0, 0.1) is 0 Å². The van der Waals surface area contributed by atoms with Gasteiger partial charge in [0, 0.05) is 11.6 Å². The van der Waals surface area contributed by atoms with E-state index in [0.717, 1.165) is 10.6 Å². The Morgan fingerprint density at radius 3 is 2.71 bits per heavy atom. The molecule has 0 aliphatic rings. The van der Waals surface area contributed by atoms with Gasteiger partial charge >= 0.3 is 0 Å². The Bertz CT molecular complexity index is 288. The molecule has 0 spiro atoms. The third-order valence-corrected chi connectivity index (χ3v) is 2.17. The molecule has 1 rings (SSSR count). The largest absolute Gasteiger partial charge is 0.391 e.